The van der Waals surface area contributed by atoms with Crippen LogP contribution in [0, 0.1) is 11.8 Å². The summed E-state index contributed by atoms with van der Waals surface area (Å²) in [4.78, 5) is 11.7. The third kappa shape index (κ3) is 1.50. The summed E-state index contributed by atoms with van der Waals surface area (Å²) in [7, 11) is 0. The zero-order valence-corrected chi connectivity index (χ0v) is 11.3. The van der Waals surface area contributed by atoms with Crippen LogP contribution in [0.25, 0.3) is 0 Å². The second-order valence-electron chi connectivity index (χ2n) is 6.37. The number of fused-ring (bicyclic) bond motifs is 3. The molecule has 4 nitrogen and oxygen atoms in total. The number of carbonyl (C=O) groups is 1. The van der Waals surface area contributed by atoms with Gasteiger partial charge in [-0.15, -0.1) is 0 Å². The van der Waals surface area contributed by atoms with Crippen LogP contribution in [0.3, 0.4) is 0 Å². The fourth-order valence-corrected chi connectivity index (χ4v) is 3.96. The lowest BCUT2D eigenvalue weighted by atomic mass is 9.72. The van der Waals surface area contributed by atoms with Gasteiger partial charge in [-0.1, -0.05) is 18.2 Å². The molecule has 3 aliphatic rings. The predicted molar refractivity (Wildman–Crippen MR) is 69.2 cm³/mol. The van der Waals surface area contributed by atoms with Crippen molar-refractivity contribution in [2.75, 3.05) is 0 Å². The first-order chi connectivity index (χ1) is 8.78. The number of ether oxygens (including phenoxy) is 1. The van der Waals surface area contributed by atoms with Gasteiger partial charge in [0.2, 0.25) is 0 Å². The van der Waals surface area contributed by atoms with Gasteiger partial charge in [0.05, 0.1) is 5.60 Å². The Balaban J connectivity index is 2.09. The van der Waals surface area contributed by atoms with Crippen molar-refractivity contribution >= 4 is 5.97 Å². The Labute approximate surface area is 112 Å². The summed E-state index contributed by atoms with van der Waals surface area (Å²) in [6.45, 7) is 7.42. The van der Waals surface area contributed by atoms with E-state index in [-0.39, 0.29) is 17.8 Å². The molecule has 2 aliphatic carbocycles. The Morgan fingerprint density at radius 1 is 1.47 bits per heavy atom. The van der Waals surface area contributed by atoms with Crippen molar-refractivity contribution in [2.45, 2.75) is 50.4 Å². The van der Waals surface area contributed by atoms with Gasteiger partial charge in [0.25, 0.3) is 0 Å². The van der Waals surface area contributed by atoms with Crippen LogP contribution in [0.1, 0.15) is 33.1 Å². The highest BCUT2D eigenvalue weighted by Crippen LogP contribution is 2.54. The van der Waals surface area contributed by atoms with Gasteiger partial charge in [-0.2, -0.15) is 0 Å². The number of carbonyl (C=O) groups excluding carboxylic acids is 1. The van der Waals surface area contributed by atoms with E-state index < -0.39 is 17.3 Å². The summed E-state index contributed by atoms with van der Waals surface area (Å²) in [6, 6.07) is 0. The molecular formula is C15H20O4. The van der Waals surface area contributed by atoms with E-state index in [0.717, 1.165) is 5.57 Å². The molecule has 0 aromatic heterocycles. The van der Waals surface area contributed by atoms with Gasteiger partial charge in [0.1, 0.15) is 11.7 Å². The zero-order chi connectivity index (χ0) is 14.0. The molecule has 4 heteroatoms. The molecule has 1 heterocycles. The van der Waals surface area contributed by atoms with Crippen LogP contribution in [0.15, 0.2) is 23.8 Å². The second-order valence-corrected chi connectivity index (χ2v) is 6.37. The van der Waals surface area contributed by atoms with Crippen LogP contribution in [0.5, 0.6) is 0 Å². The Bertz CT molecular complexity index is 490. The van der Waals surface area contributed by atoms with Crippen molar-refractivity contribution in [3.8, 4) is 0 Å². The first kappa shape index (κ1) is 12.9. The highest BCUT2D eigenvalue weighted by molar-refractivity contribution is 5.91. The van der Waals surface area contributed by atoms with Gasteiger partial charge in [-0.3, -0.25) is 0 Å². The van der Waals surface area contributed by atoms with E-state index in [0.29, 0.717) is 24.8 Å². The monoisotopic (exact) mass is 264 g/mol. The normalized spacial score (nSPS) is 49.3. The molecule has 0 aromatic rings. The molecular weight excluding hydrogens is 244 g/mol. The third-order valence-electron chi connectivity index (χ3n) is 5.29. The van der Waals surface area contributed by atoms with Crippen LogP contribution in [-0.2, 0) is 9.53 Å². The average Bonchev–Trinajstić information content (AvgIpc) is 2.75. The third-order valence-corrected chi connectivity index (χ3v) is 5.29. The highest BCUT2D eigenvalue weighted by Gasteiger charge is 2.62. The van der Waals surface area contributed by atoms with Crippen molar-refractivity contribution in [3.63, 3.8) is 0 Å². The van der Waals surface area contributed by atoms with Gasteiger partial charge in [0.15, 0.2) is 0 Å². The molecule has 104 valence electrons. The molecule has 5 atom stereocenters. The van der Waals surface area contributed by atoms with Crippen molar-refractivity contribution in [2.24, 2.45) is 11.8 Å². The SMILES string of the molecule is C=C1C(=O)O[C@@H]2[C@H]3C(C)=CC[C@]3(O)[C@](C)(O)CC[C@@H]12. The Hall–Kier alpha value is -1.13. The quantitative estimate of drug-likeness (QED) is 0.393. The molecule has 0 spiro atoms. The first-order valence-electron chi connectivity index (χ1n) is 6.79. The smallest absolute Gasteiger partial charge is 0.334 e. The minimum atomic E-state index is -1.25. The maximum atomic E-state index is 11.7. The van der Waals surface area contributed by atoms with Crippen LogP contribution in [0.2, 0.25) is 0 Å². The summed E-state index contributed by atoms with van der Waals surface area (Å²) in [5, 5.41) is 21.6. The molecule has 2 N–H and O–H groups in total. The van der Waals surface area contributed by atoms with E-state index in [9.17, 15) is 15.0 Å². The largest absolute Gasteiger partial charge is 0.458 e. The molecule has 0 radical (unpaired) electrons. The lowest BCUT2D eigenvalue weighted by Crippen LogP contribution is -2.56. The summed E-state index contributed by atoms with van der Waals surface area (Å²) in [6.07, 6.45) is 3.02. The van der Waals surface area contributed by atoms with Crippen molar-refractivity contribution < 1.29 is 19.7 Å². The standard InChI is InChI=1S/C15H20O4/c1-8-4-7-15(18)11(8)12-10(5-6-14(15,3)17)9(2)13(16)19-12/h4,10-12,17-18H,2,5-7H2,1,3H3/t10-,11+,12-,14+,15+/m0/s1. The molecule has 3 rings (SSSR count). The number of hydrogen-bond donors (Lipinski definition) is 2. The fourth-order valence-electron chi connectivity index (χ4n) is 3.96. The average molecular weight is 264 g/mol. The Kier molecular flexibility index (Phi) is 2.51. The van der Waals surface area contributed by atoms with E-state index >= 15 is 0 Å². The predicted octanol–water partition coefficient (Wildman–Crippen LogP) is 1.33. The molecule has 1 aliphatic heterocycles. The molecule has 0 aromatic carbocycles. The van der Waals surface area contributed by atoms with Crippen molar-refractivity contribution in [3.05, 3.63) is 23.8 Å². The molecule has 2 fully saturated rings. The van der Waals surface area contributed by atoms with Crippen LogP contribution in [0.4, 0.5) is 0 Å². The number of rotatable bonds is 0. The van der Waals surface area contributed by atoms with Gasteiger partial charge in [0, 0.05) is 17.4 Å². The van der Waals surface area contributed by atoms with Crippen molar-refractivity contribution in [1.29, 1.82) is 0 Å². The van der Waals surface area contributed by atoms with Crippen LogP contribution in [-0.4, -0.2) is 33.5 Å². The zero-order valence-electron chi connectivity index (χ0n) is 11.3. The van der Waals surface area contributed by atoms with Crippen LogP contribution >= 0.6 is 0 Å². The molecule has 0 amide bonds. The van der Waals surface area contributed by atoms with E-state index in [4.69, 9.17) is 4.74 Å². The van der Waals surface area contributed by atoms with Gasteiger partial charge < -0.3 is 14.9 Å². The maximum absolute atomic E-state index is 11.7. The summed E-state index contributed by atoms with van der Waals surface area (Å²) in [5.74, 6) is -0.795. The number of aliphatic hydroxyl groups is 2. The lowest BCUT2D eigenvalue weighted by Gasteiger charge is -2.43. The number of esters is 1. The van der Waals surface area contributed by atoms with Gasteiger partial charge in [-0.05, 0) is 33.1 Å². The van der Waals surface area contributed by atoms with E-state index in [1.165, 1.54) is 0 Å². The fraction of sp³-hybridized carbons (Fsp3) is 0.667. The molecule has 1 saturated heterocycles. The molecule has 19 heavy (non-hydrogen) atoms. The summed E-state index contributed by atoms with van der Waals surface area (Å²) >= 11 is 0. The minimum Gasteiger partial charge on any atom is -0.458 e. The Morgan fingerprint density at radius 3 is 2.84 bits per heavy atom. The Morgan fingerprint density at radius 2 is 2.16 bits per heavy atom. The summed E-state index contributed by atoms with van der Waals surface area (Å²) in [5.41, 5.74) is -0.961. The topological polar surface area (TPSA) is 66.8 Å². The lowest BCUT2D eigenvalue weighted by molar-refractivity contribution is -0.176. The highest BCUT2D eigenvalue weighted by atomic mass is 16.6. The maximum Gasteiger partial charge on any atom is 0.334 e. The van der Waals surface area contributed by atoms with Crippen LogP contribution < -0.4 is 0 Å². The van der Waals surface area contributed by atoms with Gasteiger partial charge in [-0.25, -0.2) is 4.79 Å². The van der Waals surface area contributed by atoms with E-state index in [1.54, 1.807) is 6.92 Å². The van der Waals surface area contributed by atoms with E-state index in [1.807, 2.05) is 13.0 Å². The minimum absolute atomic E-state index is 0.0977. The summed E-state index contributed by atoms with van der Waals surface area (Å²) < 4.78 is 5.45. The number of hydrogen-bond acceptors (Lipinski definition) is 4. The van der Waals surface area contributed by atoms with Gasteiger partial charge >= 0.3 is 5.97 Å². The van der Waals surface area contributed by atoms with E-state index in [2.05, 4.69) is 6.58 Å². The molecule has 1 saturated carbocycles. The molecule has 0 unspecified atom stereocenters. The van der Waals surface area contributed by atoms with Crippen molar-refractivity contribution in [1.82, 2.24) is 0 Å². The first-order valence-corrected chi connectivity index (χ1v) is 6.79. The second kappa shape index (κ2) is 3.70. The molecule has 0 bridgehead atoms.